The van der Waals surface area contributed by atoms with Gasteiger partial charge < -0.3 is 0 Å². The van der Waals surface area contributed by atoms with E-state index < -0.39 is 0 Å². The summed E-state index contributed by atoms with van der Waals surface area (Å²) in [4.78, 5) is 21.8. The summed E-state index contributed by atoms with van der Waals surface area (Å²) in [6.45, 7) is 0. The average Bonchev–Trinajstić information content (AvgIpc) is 3.28. The highest BCUT2D eigenvalue weighted by atomic mass is 16.1. The Bertz CT molecular complexity index is 980. The lowest BCUT2D eigenvalue weighted by molar-refractivity contribution is 0.334. The fraction of sp³-hybridized carbons (Fsp3) is 0.389. The topological polar surface area (TPSA) is 99.1 Å². The Hall–Kier alpha value is -2.55. The number of aromatic amines is 1. The minimum atomic E-state index is -0.102. The lowest BCUT2D eigenvalue weighted by Crippen LogP contribution is -2.39. The number of benzene rings is 1. The van der Waals surface area contributed by atoms with Gasteiger partial charge in [-0.1, -0.05) is 30.3 Å². The number of hydrazine groups is 2. The maximum atomic E-state index is 12.5. The van der Waals surface area contributed by atoms with Crippen molar-refractivity contribution < 1.29 is 0 Å². The summed E-state index contributed by atoms with van der Waals surface area (Å²) in [5, 5.41) is 3.08. The van der Waals surface area contributed by atoms with Crippen LogP contribution < -0.4 is 21.9 Å². The molecule has 134 valence electrons. The van der Waals surface area contributed by atoms with Crippen LogP contribution >= 0.6 is 0 Å². The Balaban J connectivity index is 1.44. The van der Waals surface area contributed by atoms with Gasteiger partial charge in [-0.2, -0.15) is 15.0 Å². The van der Waals surface area contributed by atoms with Crippen LogP contribution in [0.3, 0.4) is 0 Å². The smallest absolute Gasteiger partial charge is 0.274 e. The van der Waals surface area contributed by atoms with Crippen LogP contribution in [0.1, 0.15) is 42.3 Å². The lowest BCUT2D eigenvalue weighted by Gasteiger charge is -2.29. The van der Waals surface area contributed by atoms with Crippen molar-refractivity contribution in [2.75, 3.05) is 0 Å². The van der Waals surface area contributed by atoms with Crippen LogP contribution in [0, 0.1) is 0 Å². The Kier molecular flexibility index (Phi) is 3.81. The number of nitrogens with one attached hydrogen (secondary N) is 4. The molecule has 0 bridgehead atoms. The zero-order valence-electron chi connectivity index (χ0n) is 14.3. The maximum absolute atomic E-state index is 12.5. The average molecular weight is 351 g/mol. The van der Waals surface area contributed by atoms with Crippen molar-refractivity contribution in [2.45, 2.75) is 43.7 Å². The molecule has 0 radical (unpaired) electrons. The summed E-state index contributed by atoms with van der Waals surface area (Å²) in [7, 11) is 0. The SMILES string of the molecule is O=c1cc(C2CCC3NNNC3C2)nc2nc(Cc3ccccc3)[nH]n12. The Morgan fingerprint density at radius 2 is 1.92 bits per heavy atom. The molecular weight excluding hydrogens is 330 g/mol. The predicted octanol–water partition coefficient (Wildman–Crippen LogP) is 0.625. The summed E-state index contributed by atoms with van der Waals surface area (Å²) in [5.41, 5.74) is 11.4. The van der Waals surface area contributed by atoms with E-state index in [1.54, 1.807) is 6.07 Å². The molecule has 2 fully saturated rings. The molecular formula is C18H21N7O. The third-order valence-electron chi connectivity index (χ3n) is 5.39. The van der Waals surface area contributed by atoms with Crippen LogP contribution in [-0.2, 0) is 6.42 Å². The van der Waals surface area contributed by atoms with E-state index in [2.05, 4.69) is 31.5 Å². The van der Waals surface area contributed by atoms with Crippen LogP contribution in [0.5, 0.6) is 0 Å². The van der Waals surface area contributed by atoms with Crippen LogP contribution in [0.15, 0.2) is 41.2 Å². The van der Waals surface area contributed by atoms with Crippen molar-refractivity contribution in [3.63, 3.8) is 0 Å². The standard InChI is InChI=1S/C18H21N7O/c26-17-10-14(12-6-7-13-15(9-12)22-24-21-13)19-18-20-16(23-25(17)18)8-11-4-2-1-3-5-11/h1-5,10,12-13,15,21-22,24H,6-9H2,(H,19,20,23). The minimum Gasteiger partial charge on any atom is -0.275 e. The van der Waals surface area contributed by atoms with Gasteiger partial charge in [0.15, 0.2) is 0 Å². The van der Waals surface area contributed by atoms with E-state index in [1.165, 1.54) is 4.52 Å². The van der Waals surface area contributed by atoms with Crippen molar-refractivity contribution in [2.24, 2.45) is 0 Å². The van der Waals surface area contributed by atoms with Gasteiger partial charge in [-0.25, -0.2) is 15.8 Å². The largest absolute Gasteiger partial charge is 0.275 e. The highest BCUT2D eigenvalue weighted by Gasteiger charge is 2.35. The summed E-state index contributed by atoms with van der Waals surface area (Å²) in [6.07, 6.45) is 3.67. The molecule has 8 nitrogen and oxygen atoms in total. The predicted molar refractivity (Wildman–Crippen MR) is 96.4 cm³/mol. The van der Waals surface area contributed by atoms with Crippen LogP contribution in [-0.4, -0.2) is 31.7 Å². The highest BCUT2D eigenvalue weighted by molar-refractivity contribution is 5.31. The first-order valence-electron chi connectivity index (χ1n) is 9.05. The van der Waals surface area contributed by atoms with Gasteiger partial charge in [0, 0.05) is 30.5 Å². The molecule has 1 saturated carbocycles. The fourth-order valence-corrected chi connectivity index (χ4v) is 4.02. The van der Waals surface area contributed by atoms with Crippen molar-refractivity contribution >= 4 is 5.78 Å². The maximum Gasteiger partial charge on any atom is 0.274 e. The zero-order valence-corrected chi connectivity index (χ0v) is 14.3. The summed E-state index contributed by atoms with van der Waals surface area (Å²) < 4.78 is 1.43. The molecule has 3 unspecified atom stereocenters. The van der Waals surface area contributed by atoms with Gasteiger partial charge in [-0.3, -0.25) is 9.89 Å². The molecule has 0 amide bonds. The summed E-state index contributed by atoms with van der Waals surface area (Å²) in [6, 6.07) is 12.5. The first-order chi connectivity index (χ1) is 12.8. The van der Waals surface area contributed by atoms with Gasteiger partial charge in [-0.15, -0.1) is 0 Å². The van der Waals surface area contributed by atoms with Gasteiger partial charge in [0.2, 0.25) is 0 Å². The number of hydrogen-bond acceptors (Lipinski definition) is 6. The number of rotatable bonds is 3. The minimum absolute atomic E-state index is 0.102. The van der Waals surface area contributed by atoms with Crippen LogP contribution in [0.25, 0.3) is 5.78 Å². The van der Waals surface area contributed by atoms with Gasteiger partial charge >= 0.3 is 0 Å². The van der Waals surface area contributed by atoms with E-state index in [9.17, 15) is 4.79 Å². The molecule has 8 heteroatoms. The Morgan fingerprint density at radius 1 is 1.08 bits per heavy atom. The number of nitrogens with zero attached hydrogens (tertiary/aromatic N) is 3. The number of hydrogen-bond donors (Lipinski definition) is 4. The fourth-order valence-electron chi connectivity index (χ4n) is 4.02. The van der Waals surface area contributed by atoms with E-state index in [1.807, 2.05) is 30.3 Å². The van der Waals surface area contributed by atoms with Crippen molar-refractivity contribution in [3.05, 3.63) is 63.8 Å². The molecule has 4 N–H and O–H groups in total. The van der Waals surface area contributed by atoms with E-state index in [4.69, 9.17) is 0 Å². The van der Waals surface area contributed by atoms with Gasteiger partial charge in [0.1, 0.15) is 5.82 Å². The quantitative estimate of drug-likeness (QED) is 0.552. The molecule has 1 aliphatic heterocycles. The molecule has 0 spiro atoms. The van der Waals surface area contributed by atoms with E-state index >= 15 is 0 Å². The van der Waals surface area contributed by atoms with E-state index in [0.717, 1.165) is 36.3 Å². The molecule has 1 aliphatic carbocycles. The summed E-state index contributed by atoms with van der Waals surface area (Å²) in [5.74, 6) is 1.47. The molecule has 3 heterocycles. The second-order valence-electron chi connectivity index (χ2n) is 7.12. The molecule has 2 aromatic heterocycles. The van der Waals surface area contributed by atoms with Gasteiger partial charge in [0.05, 0.1) is 5.69 Å². The number of fused-ring (bicyclic) bond motifs is 2. The van der Waals surface area contributed by atoms with Crippen molar-refractivity contribution in [3.8, 4) is 0 Å². The lowest BCUT2D eigenvalue weighted by atomic mass is 9.81. The van der Waals surface area contributed by atoms with E-state index in [-0.39, 0.29) is 11.5 Å². The highest BCUT2D eigenvalue weighted by Crippen LogP contribution is 2.32. The zero-order chi connectivity index (χ0) is 17.5. The van der Waals surface area contributed by atoms with Crippen molar-refractivity contribution in [1.29, 1.82) is 0 Å². The molecule has 3 atom stereocenters. The second kappa shape index (κ2) is 6.31. The van der Waals surface area contributed by atoms with E-state index in [0.29, 0.717) is 24.3 Å². The van der Waals surface area contributed by atoms with Crippen LogP contribution in [0.4, 0.5) is 0 Å². The summed E-state index contributed by atoms with van der Waals surface area (Å²) >= 11 is 0. The van der Waals surface area contributed by atoms with Crippen LogP contribution in [0.2, 0.25) is 0 Å². The van der Waals surface area contributed by atoms with Gasteiger partial charge in [0.25, 0.3) is 11.3 Å². The third kappa shape index (κ3) is 2.82. The van der Waals surface area contributed by atoms with Gasteiger partial charge in [-0.05, 0) is 24.8 Å². The molecule has 26 heavy (non-hydrogen) atoms. The number of H-pyrrole nitrogens is 1. The Morgan fingerprint density at radius 3 is 2.81 bits per heavy atom. The van der Waals surface area contributed by atoms with Crippen molar-refractivity contribution in [1.82, 2.24) is 36.0 Å². The molecule has 1 saturated heterocycles. The second-order valence-corrected chi connectivity index (χ2v) is 7.12. The molecule has 3 aromatic rings. The Labute approximate surface area is 150 Å². The first-order valence-corrected chi connectivity index (χ1v) is 9.05. The molecule has 2 aliphatic rings. The molecule has 5 rings (SSSR count). The third-order valence-corrected chi connectivity index (χ3v) is 5.39. The molecule has 1 aromatic carbocycles. The first kappa shape index (κ1) is 15.7. The normalized spacial score (nSPS) is 25.5. The number of aromatic nitrogens is 4. The monoisotopic (exact) mass is 351 g/mol.